The molecule has 0 radical (unpaired) electrons. The average molecular weight is 441 g/mol. The smallest absolute Gasteiger partial charge is 0.255 e. The van der Waals surface area contributed by atoms with Gasteiger partial charge < -0.3 is 5.32 Å². The first-order chi connectivity index (χ1) is 14.6. The maximum Gasteiger partial charge on any atom is 0.255 e. The van der Waals surface area contributed by atoms with Gasteiger partial charge in [0.25, 0.3) is 5.91 Å². The molecule has 0 fully saturated rings. The Labute approximate surface area is 183 Å². The summed E-state index contributed by atoms with van der Waals surface area (Å²) in [6.45, 7) is 8.80. The highest BCUT2D eigenvalue weighted by Crippen LogP contribution is 2.16. The number of anilines is 1. The van der Waals surface area contributed by atoms with Crippen molar-refractivity contribution >= 4 is 21.6 Å². The summed E-state index contributed by atoms with van der Waals surface area (Å²) < 4.78 is 29.1. The first-order valence-electron chi connectivity index (χ1n) is 10.1. The van der Waals surface area contributed by atoms with Crippen molar-refractivity contribution in [3.05, 3.63) is 77.1 Å². The van der Waals surface area contributed by atoms with Crippen molar-refractivity contribution in [3.63, 3.8) is 0 Å². The largest absolute Gasteiger partial charge is 0.322 e. The topological polar surface area (TPSA) is 93.1 Å². The molecule has 0 aliphatic rings. The third-order valence-electron chi connectivity index (χ3n) is 4.73. The molecule has 3 aromatic rings. The van der Waals surface area contributed by atoms with Crippen LogP contribution in [0.4, 0.5) is 5.69 Å². The molecule has 0 bridgehead atoms. The molecule has 3 rings (SSSR count). The highest BCUT2D eigenvalue weighted by Gasteiger charge is 2.15. The maximum atomic E-state index is 12.6. The Kier molecular flexibility index (Phi) is 6.92. The van der Waals surface area contributed by atoms with E-state index in [1.165, 1.54) is 24.3 Å². The molecule has 0 unspecified atom stereocenters. The quantitative estimate of drug-likeness (QED) is 0.558. The summed E-state index contributed by atoms with van der Waals surface area (Å²) in [6.07, 6.45) is 0. The van der Waals surface area contributed by atoms with E-state index in [0.29, 0.717) is 24.3 Å². The van der Waals surface area contributed by atoms with Crippen LogP contribution in [-0.4, -0.2) is 30.7 Å². The molecule has 0 aliphatic heterocycles. The molecule has 164 valence electrons. The lowest BCUT2D eigenvalue weighted by molar-refractivity contribution is 0.102. The Morgan fingerprint density at radius 3 is 2.39 bits per heavy atom. The zero-order valence-electron chi connectivity index (χ0n) is 18.2. The lowest BCUT2D eigenvalue weighted by Gasteiger charge is -2.10. The normalized spacial score (nSPS) is 11.6. The minimum Gasteiger partial charge on any atom is -0.322 e. The van der Waals surface area contributed by atoms with Gasteiger partial charge in [-0.05, 0) is 67.8 Å². The number of carbonyl (C=O) groups excluding carboxylic acids is 1. The third-order valence-corrected chi connectivity index (χ3v) is 6.17. The summed E-state index contributed by atoms with van der Waals surface area (Å²) in [4.78, 5) is 12.8. The van der Waals surface area contributed by atoms with Crippen LogP contribution in [0.15, 0.2) is 59.5 Å². The van der Waals surface area contributed by atoms with Crippen LogP contribution in [0.2, 0.25) is 0 Å². The molecule has 0 atom stereocenters. The molecule has 2 aromatic carbocycles. The zero-order valence-corrected chi connectivity index (χ0v) is 19.0. The summed E-state index contributed by atoms with van der Waals surface area (Å²) in [7, 11) is -3.58. The number of amides is 1. The number of aryl methyl sites for hydroxylation is 2. The summed E-state index contributed by atoms with van der Waals surface area (Å²) in [5, 5.41) is 7.34. The van der Waals surface area contributed by atoms with Crippen molar-refractivity contribution in [1.29, 1.82) is 0 Å². The second kappa shape index (κ2) is 9.45. The van der Waals surface area contributed by atoms with Crippen LogP contribution < -0.4 is 10.0 Å². The third kappa shape index (κ3) is 6.02. The minimum absolute atomic E-state index is 0.136. The van der Waals surface area contributed by atoms with Gasteiger partial charge in [0.1, 0.15) is 0 Å². The zero-order chi connectivity index (χ0) is 22.6. The second-order valence-electron chi connectivity index (χ2n) is 8.01. The van der Waals surface area contributed by atoms with E-state index in [-0.39, 0.29) is 16.7 Å². The molecule has 1 amide bonds. The Hall–Kier alpha value is -2.97. The lowest BCUT2D eigenvalue weighted by Crippen LogP contribution is -2.27. The first-order valence-corrected chi connectivity index (χ1v) is 11.6. The van der Waals surface area contributed by atoms with E-state index in [9.17, 15) is 13.2 Å². The number of carbonyl (C=O) groups is 1. The van der Waals surface area contributed by atoms with Gasteiger partial charge in [0.05, 0.1) is 17.1 Å². The molecule has 0 spiro atoms. The number of benzene rings is 2. The van der Waals surface area contributed by atoms with E-state index >= 15 is 0 Å². The fourth-order valence-electron chi connectivity index (χ4n) is 3.10. The van der Waals surface area contributed by atoms with Crippen LogP contribution in [0.5, 0.6) is 0 Å². The molecule has 31 heavy (non-hydrogen) atoms. The molecule has 0 saturated heterocycles. The second-order valence-corrected chi connectivity index (χ2v) is 9.78. The number of aromatic nitrogens is 2. The van der Waals surface area contributed by atoms with E-state index in [1.54, 1.807) is 0 Å². The number of sulfonamides is 1. The molecule has 0 saturated carbocycles. The minimum atomic E-state index is -3.58. The van der Waals surface area contributed by atoms with Crippen molar-refractivity contribution in [2.45, 2.75) is 39.1 Å². The van der Waals surface area contributed by atoms with Gasteiger partial charge >= 0.3 is 0 Å². The number of rotatable bonds is 8. The van der Waals surface area contributed by atoms with Gasteiger partial charge in [-0.25, -0.2) is 13.1 Å². The predicted octanol–water partition coefficient (Wildman–Crippen LogP) is 3.73. The highest BCUT2D eigenvalue weighted by atomic mass is 32.2. The molecular weight excluding hydrogens is 412 g/mol. The van der Waals surface area contributed by atoms with E-state index in [2.05, 4.69) is 15.1 Å². The molecule has 1 aromatic heterocycles. The van der Waals surface area contributed by atoms with Crippen molar-refractivity contribution in [2.24, 2.45) is 5.92 Å². The number of hydrogen-bond acceptors (Lipinski definition) is 4. The van der Waals surface area contributed by atoms with Gasteiger partial charge in [-0.15, -0.1) is 0 Å². The van der Waals surface area contributed by atoms with Crippen molar-refractivity contribution in [3.8, 4) is 0 Å². The highest BCUT2D eigenvalue weighted by molar-refractivity contribution is 7.89. The van der Waals surface area contributed by atoms with Crippen LogP contribution in [0.3, 0.4) is 0 Å². The number of nitrogens with one attached hydrogen (secondary N) is 2. The van der Waals surface area contributed by atoms with E-state index in [1.807, 2.05) is 62.7 Å². The SMILES string of the molecule is Cc1cc(C)n(Cc2cccc(NC(=O)c3ccc(S(=O)(=O)NCC(C)C)cc3)c2)n1. The summed E-state index contributed by atoms with van der Waals surface area (Å²) in [5.41, 5.74) is 4.10. The summed E-state index contributed by atoms with van der Waals surface area (Å²) in [5.74, 6) is -0.0980. The molecule has 1 heterocycles. The Balaban J connectivity index is 1.68. The Morgan fingerprint density at radius 2 is 1.77 bits per heavy atom. The lowest BCUT2D eigenvalue weighted by atomic mass is 10.1. The fourth-order valence-corrected chi connectivity index (χ4v) is 4.32. The Bertz CT molecular complexity index is 1170. The monoisotopic (exact) mass is 440 g/mol. The number of nitrogens with zero attached hydrogens (tertiary/aromatic N) is 2. The predicted molar refractivity (Wildman–Crippen MR) is 122 cm³/mol. The van der Waals surface area contributed by atoms with Crippen molar-refractivity contribution in [1.82, 2.24) is 14.5 Å². The van der Waals surface area contributed by atoms with Gasteiger partial charge in [-0.2, -0.15) is 5.10 Å². The van der Waals surface area contributed by atoms with Crippen molar-refractivity contribution in [2.75, 3.05) is 11.9 Å². The van der Waals surface area contributed by atoms with E-state index < -0.39 is 10.0 Å². The van der Waals surface area contributed by atoms with Crippen LogP contribution in [0, 0.1) is 19.8 Å². The van der Waals surface area contributed by atoms with Crippen LogP contribution in [-0.2, 0) is 16.6 Å². The standard InChI is InChI=1S/C23H28N4O3S/c1-16(2)14-24-31(29,30)22-10-8-20(9-11-22)23(28)25-21-7-5-6-19(13-21)15-27-18(4)12-17(3)26-27/h5-13,16,24H,14-15H2,1-4H3,(H,25,28). The average Bonchev–Trinajstić information content (AvgIpc) is 3.03. The maximum absolute atomic E-state index is 12.6. The van der Waals surface area contributed by atoms with E-state index in [0.717, 1.165) is 17.0 Å². The van der Waals surface area contributed by atoms with Crippen LogP contribution >= 0.6 is 0 Å². The molecule has 7 nitrogen and oxygen atoms in total. The molecule has 0 aliphatic carbocycles. The van der Waals surface area contributed by atoms with Crippen molar-refractivity contribution < 1.29 is 13.2 Å². The molecular formula is C23H28N4O3S. The number of hydrogen-bond donors (Lipinski definition) is 2. The molecule has 2 N–H and O–H groups in total. The van der Waals surface area contributed by atoms with Gasteiger partial charge in [0.2, 0.25) is 10.0 Å². The van der Waals surface area contributed by atoms with Gasteiger partial charge in [0, 0.05) is 23.5 Å². The summed E-state index contributed by atoms with van der Waals surface area (Å²) in [6, 6.07) is 15.5. The van der Waals surface area contributed by atoms with Gasteiger partial charge in [0.15, 0.2) is 0 Å². The fraction of sp³-hybridized carbons (Fsp3) is 0.304. The Morgan fingerprint density at radius 1 is 1.06 bits per heavy atom. The van der Waals surface area contributed by atoms with Crippen LogP contribution in [0.25, 0.3) is 0 Å². The first kappa shape index (κ1) is 22.7. The van der Waals surface area contributed by atoms with E-state index in [4.69, 9.17) is 0 Å². The molecule has 8 heteroatoms. The van der Waals surface area contributed by atoms with Gasteiger partial charge in [-0.3, -0.25) is 9.48 Å². The summed E-state index contributed by atoms with van der Waals surface area (Å²) >= 11 is 0. The van der Waals surface area contributed by atoms with Gasteiger partial charge in [-0.1, -0.05) is 26.0 Å². The van der Waals surface area contributed by atoms with Crippen LogP contribution in [0.1, 0.15) is 41.2 Å².